The fraction of sp³-hybridized carbons (Fsp3) is 0.0714. The summed E-state index contributed by atoms with van der Waals surface area (Å²) >= 11 is 12.4. The maximum absolute atomic E-state index is 11.4. The van der Waals surface area contributed by atoms with E-state index in [1.807, 2.05) is 30.3 Å². The molecule has 0 N–H and O–H groups in total. The Labute approximate surface area is 115 Å². The summed E-state index contributed by atoms with van der Waals surface area (Å²) in [6, 6.07) is 12.6. The van der Waals surface area contributed by atoms with Crippen LogP contribution in [-0.4, -0.2) is 13.1 Å². The molecule has 0 aromatic heterocycles. The number of methoxy groups -OCH3 is 1. The van der Waals surface area contributed by atoms with Gasteiger partial charge in [-0.05, 0) is 17.7 Å². The monoisotopic (exact) mass is 280 g/mol. The van der Waals surface area contributed by atoms with E-state index >= 15 is 0 Å². The molecule has 0 unspecified atom stereocenters. The summed E-state index contributed by atoms with van der Waals surface area (Å²) in [5.41, 5.74) is 1.96. The SMILES string of the molecule is COC(=O)c1cc(Cl)c(-c2ccccc2)c(Cl)c1. The fourth-order valence-corrected chi connectivity index (χ4v) is 2.39. The molecule has 2 nitrogen and oxygen atoms in total. The second-order valence-corrected chi connectivity index (χ2v) is 4.49. The molecular weight excluding hydrogens is 271 g/mol. The molecule has 0 amide bonds. The molecule has 0 bridgehead atoms. The Morgan fingerprint density at radius 2 is 1.61 bits per heavy atom. The smallest absolute Gasteiger partial charge is 0.337 e. The third-order valence-corrected chi connectivity index (χ3v) is 3.12. The zero-order valence-electron chi connectivity index (χ0n) is 9.61. The van der Waals surface area contributed by atoms with Crippen molar-refractivity contribution in [3.63, 3.8) is 0 Å². The average molecular weight is 281 g/mol. The highest BCUT2D eigenvalue weighted by Gasteiger charge is 2.14. The Bertz CT molecular complexity index is 557. The lowest BCUT2D eigenvalue weighted by atomic mass is 10.0. The zero-order valence-corrected chi connectivity index (χ0v) is 11.1. The van der Waals surface area contributed by atoms with Gasteiger partial charge in [0.1, 0.15) is 0 Å². The summed E-state index contributed by atoms with van der Waals surface area (Å²) < 4.78 is 4.64. The summed E-state index contributed by atoms with van der Waals surface area (Å²) in [5, 5.41) is 0.850. The fourth-order valence-electron chi connectivity index (χ4n) is 1.69. The predicted molar refractivity (Wildman–Crippen MR) is 73.2 cm³/mol. The van der Waals surface area contributed by atoms with Crippen LogP contribution in [0.3, 0.4) is 0 Å². The standard InChI is InChI=1S/C14H10Cl2O2/c1-18-14(17)10-7-11(15)13(12(16)8-10)9-5-3-2-4-6-9/h2-8H,1H3. The van der Waals surface area contributed by atoms with Gasteiger partial charge in [-0.3, -0.25) is 0 Å². The molecule has 0 spiro atoms. The third kappa shape index (κ3) is 2.50. The molecule has 18 heavy (non-hydrogen) atoms. The van der Waals surface area contributed by atoms with Gasteiger partial charge in [0, 0.05) is 5.56 Å². The van der Waals surface area contributed by atoms with Gasteiger partial charge in [0.2, 0.25) is 0 Å². The number of rotatable bonds is 2. The second kappa shape index (κ2) is 5.42. The van der Waals surface area contributed by atoms with Crippen LogP contribution in [-0.2, 0) is 4.74 Å². The van der Waals surface area contributed by atoms with E-state index in [0.717, 1.165) is 5.56 Å². The van der Waals surface area contributed by atoms with Crippen LogP contribution in [0.4, 0.5) is 0 Å². The van der Waals surface area contributed by atoms with E-state index in [4.69, 9.17) is 23.2 Å². The van der Waals surface area contributed by atoms with Crippen molar-refractivity contribution in [1.29, 1.82) is 0 Å². The van der Waals surface area contributed by atoms with E-state index in [1.165, 1.54) is 7.11 Å². The highest BCUT2D eigenvalue weighted by atomic mass is 35.5. The first-order chi connectivity index (χ1) is 8.63. The predicted octanol–water partition coefficient (Wildman–Crippen LogP) is 4.45. The minimum absolute atomic E-state index is 0.340. The molecule has 0 saturated carbocycles. The van der Waals surface area contributed by atoms with Crippen molar-refractivity contribution >= 4 is 29.2 Å². The Morgan fingerprint density at radius 3 is 2.11 bits per heavy atom. The van der Waals surface area contributed by atoms with Gasteiger partial charge in [-0.25, -0.2) is 4.79 Å². The number of hydrogen-bond donors (Lipinski definition) is 0. The molecule has 0 radical (unpaired) electrons. The van der Waals surface area contributed by atoms with Crippen molar-refractivity contribution in [3.05, 3.63) is 58.1 Å². The molecule has 4 heteroatoms. The molecular formula is C14H10Cl2O2. The van der Waals surface area contributed by atoms with Crippen LogP contribution in [0.2, 0.25) is 10.0 Å². The van der Waals surface area contributed by atoms with Crippen LogP contribution < -0.4 is 0 Å². The van der Waals surface area contributed by atoms with Gasteiger partial charge in [0.25, 0.3) is 0 Å². The minimum Gasteiger partial charge on any atom is -0.465 e. The first-order valence-electron chi connectivity index (χ1n) is 5.26. The number of carbonyl (C=O) groups excluding carboxylic acids is 1. The highest BCUT2D eigenvalue weighted by Crippen LogP contribution is 2.35. The maximum atomic E-state index is 11.4. The van der Waals surface area contributed by atoms with Crippen LogP contribution in [0.5, 0.6) is 0 Å². The lowest BCUT2D eigenvalue weighted by Crippen LogP contribution is -2.01. The molecule has 0 aliphatic carbocycles. The first kappa shape index (κ1) is 12.9. The molecule has 0 saturated heterocycles. The number of hydrogen-bond acceptors (Lipinski definition) is 2. The molecule has 0 fully saturated rings. The van der Waals surface area contributed by atoms with Gasteiger partial charge in [-0.2, -0.15) is 0 Å². The molecule has 0 aliphatic heterocycles. The number of halogens is 2. The van der Waals surface area contributed by atoms with Gasteiger partial charge in [-0.15, -0.1) is 0 Å². The molecule has 0 aliphatic rings. The van der Waals surface area contributed by atoms with Crippen LogP contribution in [0.15, 0.2) is 42.5 Å². The maximum Gasteiger partial charge on any atom is 0.337 e. The number of carbonyl (C=O) groups is 1. The lowest BCUT2D eigenvalue weighted by molar-refractivity contribution is 0.0601. The molecule has 0 heterocycles. The van der Waals surface area contributed by atoms with E-state index in [-0.39, 0.29) is 0 Å². The summed E-state index contributed by atoms with van der Waals surface area (Å²) in [6.07, 6.45) is 0. The van der Waals surface area contributed by atoms with Crippen molar-refractivity contribution in [2.45, 2.75) is 0 Å². The Balaban J connectivity index is 2.55. The van der Waals surface area contributed by atoms with Gasteiger partial charge >= 0.3 is 5.97 Å². The van der Waals surface area contributed by atoms with E-state index in [9.17, 15) is 4.79 Å². The van der Waals surface area contributed by atoms with Crippen molar-refractivity contribution in [1.82, 2.24) is 0 Å². The quantitative estimate of drug-likeness (QED) is 0.760. The largest absolute Gasteiger partial charge is 0.465 e. The number of ether oxygens (including phenoxy) is 1. The summed E-state index contributed by atoms with van der Waals surface area (Å²) in [6.45, 7) is 0. The number of esters is 1. The third-order valence-electron chi connectivity index (χ3n) is 2.53. The second-order valence-electron chi connectivity index (χ2n) is 3.67. The van der Waals surface area contributed by atoms with E-state index in [1.54, 1.807) is 12.1 Å². The number of benzene rings is 2. The first-order valence-corrected chi connectivity index (χ1v) is 6.02. The summed E-state index contributed by atoms with van der Waals surface area (Å²) in [4.78, 5) is 11.4. The van der Waals surface area contributed by atoms with Gasteiger partial charge in [0.15, 0.2) is 0 Å². The van der Waals surface area contributed by atoms with E-state index in [0.29, 0.717) is 21.2 Å². The van der Waals surface area contributed by atoms with Crippen molar-refractivity contribution < 1.29 is 9.53 Å². The van der Waals surface area contributed by atoms with Crippen molar-refractivity contribution in [2.24, 2.45) is 0 Å². The normalized spacial score (nSPS) is 10.2. The Kier molecular flexibility index (Phi) is 3.90. The summed E-state index contributed by atoms with van der Waals surface area (Å²) in [5.74, 6) is -0.460. The molecule has 92 valence electrons. The highest BCUT2D eigenvalue weighted by molar-refractivity contribution is 6.39. The van der Waals surface area contributed by atoms with Gasteiger partial charge in [-0.1, -0.05) is 53.5 Å². The Morgan fingerprint density at radius 1 is 1.06 bits per heavy atom. The van der Waals surface area contributed by atoms with Crippen molar-refractivity contribution in [3.8, 4) is 11.1 Å². The minimum atomic E-state index is -0.460. The van der Waals surface area contributed by atoms with E-state index in [2.05, 4.69) is 4.74 Å². The Hall–Kier alpha value is -1.51. The van der Waals surface area contributed by atoms with Crippen LogP contribution in [0.1, 0.15) is 10.4 Å². The van der Waals surface area contributed by atoms with Crippen LogP contribution in [0, 0.1) is 0 Å². The topological polar surface area (TPSA) is 26.3 Å². The molecule has 2 rings (SSSR count). The molecule has 2 aromatic rings. The van der Waals surface area contributed by atoms with Crippen LogP contribution >= 0.6 is 23.2 Å². The van der Waals surface area contributed by atoms with Crippen LogP contribution in [0.25, 0.3) is 11.1 Å². The molecule has 0 atom stereocenters. The van der Waals surface area contributed by atoms with Crippen molar-refractivity contribution in [2.75, 3.05) is 7.11 Å². The summed E-state index contributed by atoms with van der Waals surface area (Å²) in [7, 11) is 1.31. The zero-order chi connectivity index (χ0) is 13.1. The van der Waals surface area contributed by atoms with E-state index < -0.39 is 5.97 Å². The van der Waals surface area contributed by atoms with Gasteiger partial charge < -0.3 is 4.74 Å². The lowest BCUT2D eigenvalue weighted by Gasteiger charge is -2.09. The average Bonchev–Trinajstić information content (AvgIpc) is 2.38. The van der Waals surface area contributed by atoms with Gasteiger partial charge in [0.05, 0.1) is 22.7 Å². The molecule has 2 aromatic carbocycles.